The van der Waals surface area contributed by atoms with Crippen molar-refractivity contribution in [2.24, 2.45) is 10.9 Å². The first-order valence-electron chi connectivity index (χ1n) is 8.88. The zero-order valence-corrected chi connectivity index (χ0v) is 18.8. The van der Waals surface area contributed by atoms with Crippen LogP contribution in [-0.2, 0) is 16.7 Å². The zero-order chi connectivity index (χ0) is 18.0. The second kappa shape index (κ2) is 12.5. The summed E-state index contributed by atoms with van der Waals surface area (Å²) < 4.78 is 11.3. The van der Waals surface area contributed by atoms with E-state index in [2.05, 4.69) is 55.2 Å². The Bertz CT molecular complexity index is 496. The van der Waals surface area contributed by atoms with Crippen molar-refractivity contribution < 1.29 is 9.15 Å². The normalized spacial score (nSPS) is 12.2. The molecule has 0 aliphatic rings. The van der Waals surface area contributed by atoms with E-state index in [0.29, 0.717) is 18.4 Å². The van der Waals surface area contributed by atoms with Gasteiger partial charge in [-0.15, -0.1) is 24.0 Å². The second-order valence-electron chi connectivity index (χ2n) is 7.31. The number of nitrogens with one attached hydrogen (secondary N) is 2. The minimum Gasteiger partial charge on any atom is -0.443 e. The fourth-order valence-corrected chi connectivity index (χ4v) is 1.92. The van der Waals surface area contributed by atoms with Crippen LogP contribution in [0.1, 0.15) is 59.6 Å². The van der Waals surface area contributed by atoms with Crippen LogP contribution < -0.4 is 10.6 Å². The number of nitrogens with zero attached hydrogens (tertiary/aromatic N) is 2. The van der Waals surface area contributed by atoms with Crippen molar-refractivity contribution >= 4 is 29.9 Å². The van der Waals surface area contributed by atoms with E-state index in [-0.39, 0.29) is 29.4 Å². The Hall–Kier alpha value is -0.830. The van der Waals surface area contributed by atoms with E-state index in [1.807, 2.05) is 6.92 Å². The first-order valence-corrected chi connectivity index (χ1v) is 8.88. The van der Waals surface area contributed by atoms with Gasteiger partial charge in [0.25, 0.3) is 0 Å². The van der Waals surface area contributed by atoms with Crippen molar-refractivity contribution in [2.75, 3.05) is 26.3 Å². The number of oxazole rings is 1. The summed E-state index contributed by atoms with van der Waals surface area (Å²) in [5, 5.41) is 6.53. The minimum atomic E-state index is -0.0340. The Morgan fingerprint density at radius 3 is 2.60 bits per heavy atom. The Kier molecular flexibility index (Phi) is 12.1. The summed E-state index contributed by atoms with van der Waals surface area (Å²) in [6.45, 7) is 16.3. The summed E-state index contributed by atoms with van der Waals surface area (Å²) >= 11 is 0. The topological polar surface area (TPSA) is 71.7 Å². The van der Waals surface area contributed by atoms with Gasteiger partial charge in [0.05, 0.1) is 6.20 Å². The third-order valence-corrected chi connectivity index (χ3v) is 3.22. The molecule has 1 heterocycles. The summed E-state index contributed by atoms with van der Waals surface area (Å²) in [5.41, 5.74) is -0.0340. The van der Waals surface area contributed by atoms with Gasteiger partial charge in [-0.05, 0) is 19.3 Å². The highest BCUT2D eigenvalue weighted by atomic mass is 127. The molecule has 0 aromatic carbocycles. The number of ether oxygens (including phenoxy) is 1. The van der Waals surface area contributed by atoms with Crippen molar-refractivity contribution in [3.8, 4) is 0 Å². The van der Waals surface area contributed by atoms with Crippen LogP contribution in [-0.4, -0.2) is 37.2 Å². The molecule has 1 aromatic heterocycles. The average molecular weight is 466 g/mol. The molecule has 0 unspecified atom stereocenters. The van der Waals surface area contributed by atoms with Crippen LogP contribution in [0.5, 0.6) is 0 Å². The van der Waals surface area contributed by atoms with Gasteiger partial charge in [0, 0.05) is 31.7 Å². The summed E-state index contributed by atoms with van der Waals surface area (Å²) in [7, 11) is 0. The highest BCUT2D eigenvalue weighted by Crippen LogP contribution is 2.22. The highest BCUT2D eigenvalue weighted by Gasteiger charge is 2.18. The maximum absolute atomic E-state index is 5.76. The predicted octanol–water partition coefficient (Wildman–Crippen LogP) is 3.71. The maximum atomic E-state index is 5.76. The molecule has 25 heavy (non-hydrogen) atoms. The number of halogens is 1. The van der Waals surface area contributed by atoms with E-state index in [1.165, 1.54) is 0 Å². The first-order chi connectivity index (χ1) is 11.3. The van der Waals surface area contributed by atoms with E-state index in [9.17, 15) is 0 Å². The van der Waals surface area contributed by atoms with Crippen molar-refractivity contribution in [3.63, 3.8) is 0 Å². The molecule has 2 N–H and O–H groups in total. The average Bonchev–Trinajstić information content (AvgIpc) is 2.97. The molecule has 0 aliphatic carbocycles. The number of hydrogen-bond acceptors (Lipinski definition) is 4. The minimum absolute atomic E-state index is 0. The largest absolute Gasteiger partial charge is 0.443 e. The molecule has 0 amide bonds. The van der Waals surface area contributed by atoms with Gasteiger partial charge in [0.15, 0.2) is 5.96 Å². The Morgan fingerprint density at radius 2 is 2.04 bits per heavy atom. The fraction of sp³-hybridized carbons (Fsp3) is 0.778. The molecule has 1 aromatic rings. The Balaban J connectivity index is 0.00000576. The fourth-order valence-electron chi connectivity index (χ4n) is 1.92. The number of aromatic nitrogens is 1. The van der Waals surface area contributed by atoms with Gasteiger partial charge in [0.1, 0.15) is 12.3 Å². The van der Waals surface area contributed by atoms with Crippen molar-refractivity contribution in [1.29, 1.82) is 0 Å². The number of hydrogen-bond donors (Lipinski definition) is 2. The van der Waals surface area contributed by atoms with Crippen LogP contribution in [0.15, 0.2) is 15.6 Å². The van der Waals surface area contributed by atoms with Gasteiger partial charge >= 0.3 is 0 Å². The molecular weight excluding hydrogens is 431 g/mol. The third kappa shape index (κ3) is 10.7. The number of aliphatic imine (C=N–C) groups is 1. The van der Waals surface area contributed by atoms with Crippen LogP contribution in [0.25, 0.3) is 0 Å². The SMILES string of the molecule is CCNC(=NCc1ncc(C(C)(C)C)o1)NCCCOCC(C)C.I. The van der Waals surface area contributed by atoms with Gasteiger partial charge in [0.2, 0.25) is 5.89 Å². The van der Waals surface area contributed by atoms with E-state index in [4.69, 9.17) is 9.15 Å². The van der Waals surface area contributed by atoms with Crippen LogP contribution in [0.2, 0.25) is 0 Å². The lowest BCUT2D eigenvalue weighted by Gasteiger charge is -2.13. The molecule has 146 valence electrons. The maximum Gasteiger partial charge on any atom is 0.216 e. The van der Waals surface area contributed by atoms with Gasteiger partial charge in [-0.1, -0.05) is 34.6 Å². The summed E-state index contributed by atoms with van der Waals surface area (Å²) in [6.07, 6.45) is 2.74. The van der Waals surface area contributed by atoms with Crippen LogP contribution in [0.3, 0.4) is 0 Å². The lowest BCUT2D eigenvalue weighted by atomic mass is 9.94. The van der Waals surface area contributed by atoms with Crippen molar-refractivity contribution in [1.82, 2.24) is 15.6 Å². The Morgan fingerprint density at radius 1 is 1.32 bits per heavy atom. The van der Waals surface area contributed by atoms with Crippen molar-refractivity contribution in [2.45, 2.75) is 59.9 Å². The molecule has 1 rings (SSSR count). The van der Waals surface area contributed by atoms with E-state index < -0.39 is 0 Å². The molecular formula is C18H35IN4O2. The van der Waals surface area contributed by atoms with E-state index in [1.54, 1.807) is 6.20 Å². The summed E-state index contributed by atoms with van der Waals surface area (Å²) in [4.78, 5) is 8.83. The second-order valence-corrected chi connectivity index (χ2v) is 7.31. The van der Waals surface area contributed by atoms with Crippen LogP contribution in [0, 0.1) is 5.92 Å². The monoisotopic (exact) mass is 466 g/mol. The van der Waals surface area contributed by atoms with Gasteiger partial charge in [-0.3, -0.25) is 0 Å². The number of rotatable bonds is 9. The zero-order valence-electron chi connectivity index (χ0n) is 16.5. The van der Waals surface area contributed by atoms with Gasteiger partial charge in [-0.25, -0.2) is 9.98 Å². The summed E-state index contributed by atoms with van der Waals surface area (Å²) in [5.74, 6) is 2.87. The molecule has 0 bridgehead atoms. The quantitative estimate of drug-likeness (QED) is 0.251. The van der Waals surface area contributed by atoms with E-state index >= 15 is 0 Å². The number of guanidine groups is 1. The predicted molar refractivity (Wildman–Crippen MR) is 114 cm³/mol. The molecule has 0 saturated heterocycles. The van der Waals surface area contributed by atoms with Gasteiger partial charge in [-0.2, -0.15) is 0 Å². The van der Waals surface area contributed by atoms with Gasteiger partial charge < -0.3 is 19.8 Å². The lowest BCUT2D eigenvalue weighted by molar-refractivity contribution is 0.108. The molecule has 7 heteroatoms. The lowest BCUT2D eigenvalue weighted by Crippen LogP contribution is -2.38. The van der Waals surface area contributed by atoms with Crippen LogP contribution >= 0.6 is 24.0 Å². The molecule has 0 atom stereocenters. The molecule has 0 spiro atoms. The molecule has 0 fully saturated rings. The first kappa shape index (κ1) is 24.2. The highest BCUT2D eigenvalue weighted by molar-refractivity contribution is 14.0. The molecule has 0 saturated carbocycles. The van der Waals surface area contributed by atoms with E-state index in [0.717, 1.165) is 44.4 Å². The molecule has 6 nitrogen and oxygen atoms in total. The molecule has 0 aliphatic heterocycles. The van der Waals surface area contributed by atoms with Crippen molar-refractivity contribution in [3.05, 3.63) is 17.8 Å². The van der Waals surface area contributed by atoms with Crippen LogP contribution in [0.4, 0.5) is 0 Å². The summed E-state index contributed by atoms with van der Waals surface area (Å²) in [6, 6.07) is 0. The molecule has 0 radical (unpaired) electrons. The third-order valence-electron chi connectivity index (χ3n) is 3.22. The standard InChI is InChI=1S/C18H34N4O2.HI/c1-7-19-17(20-9-8-10-23-13-14(2)3)22-12-16-21-11-15(24-16)18(4,5)6;/h11,14H,7-10,12-13H2,1-6H3,(H2,19,20,22);1H. The Labute approximate surface area is 169 Å². The smallest absolute Gasteiger partial charge is 0.216 e.